The summed E-state index contributed by atoms with van der Waals surface area (Å²) in [6.07, 6.45) is 8.14. The van der Waals surface area contributed by atoms with Crippen molar-refractivity contribution in [3.05, 3.63) is 60.3 Å². The zero-order valence-electron chi connectivity index (χ0n) is 13.3. The van der Waals surface area contributed by atoms with E-state index in [2.05, 4.69) is 24.4 Å². The molecule has 4 rings (SSSR count). The number of aromatic nitrogens is 4. The summed E-state index contributed by atoms with van der Waals surface area (Å²) >= 11 is 0. The van der Waals surface area contributed by atoms with Crippen LogP contribution in [-0.2, 0) is 31.0 Å². The Labute approximate surface area is 139 Å². The predicted octanol–water partition coefficient (Wildman–Crippen LogP) is 2.39. The van der Waals surface area contributed by atoms with Gasteiger partial charge in [-0.25, -0.2) is 15.0 Å². The molecule has 0 saturated carbocycles. The van der Waals surface area contributed by atoms with E-state index in [0.29, 0.717) is 13.2 Å². The van der Waals surface area contributed by atoms with Gasteiger partial charge in [-0.1, -0.05) is 0 Å². The SMILES string of the molecule is c1cnc(N2CCCn3cnc(COCc4ccco4)c3C2)nc1. The van der Waals surface area contributed by atoms with Gasteiger partial charge >= 0.3 is 0 Å². The molecule has 3 aromatic rings. The Kier molecular flexibility index (Phi) is 4.24. The summed E-state index contributed by atoms with van der Waals surface area (Å²) in [6.45, 7) is 3.53. The van der Waals surface area contributed by atoms with E-state index in [1.807, 2.05) is 24.5 Å². The van der Waals surface area contributed by atoms with Gasteiger partial charge in [0, 0.05) is 25.5 Å². The van der Waals surface area contributed by atoms with Crippen LogP contribution >= 0.6 is 0 Å². The van der Waals surface area contributed by atoms with Crippen LogP contribution in [0.25, 0.3) is 0 Å². The lowest BCUT2D eigenvalue weighted by atomic mass is 10.3. The summed E-state index contributed by atoms with van der Waals surface area (Å²) in [6, 6.07) is 5.60. The van der Waals surface area contributed by atoms with Crippen molar-refractivity contribution in [1.82, 2.24) is 19.5 Å². The van der Waals surface area contributed by atoms with Crippen LogP contribution in [0.1, 0.15) is 23.6 Å². The monoisotopic (exact) mass is 325 g/mol. The van der Waals surface area contributed by atoms with Gasteiger partial charge in [0.25, 0.3) is 0 Å². The largest absolute Gasteiger partial charge is 0.467 e. The third kappa shape index (κ3) is 3.16. The van der Waals surface area contributed by atoms with Gasteiger partial charge in [-0.2, -0.15) is 0 Å². The molecule has 0 spiro atoms. The maximum atomic E-state index is 5.75. The molecule has 0 aromatic carbocycles. The second kappa shape index (κ2) is 6.84. The van der Waals surface area contributed by atoms with Crippen LogP contribution in [0, 0.1) is 0 Å². The lowest BCUT2D eigenvalue weighted by Gasteiger charge is -2.20. The van der Waals surface area contributed by atoms with E-state index < -0.39 is 0 Å². The van der Waals surface area contributed by atoms with E-state index in [-0.39, 0.29) is 0 Å². The van der Waals surface area contributed by atoms with Crippen LogP contribution in [0.15, 0.2) is 47.6 Å². The molecule has 3 aromatic heterocycles. The Bertz CT molecular complexity index is 770. The molecule has 1 aliphatic rings. The van der Waals surface area contributed by atoms with Gasteiger partial charge in [-0.05, 0) is 24.6 Å². The van der Waals surface area contributed by atoms with E-state index in [1.165, 1.54) is 5.69 Å². The highest BCUT2D eigenvalue weighted by Gasteiger charge is 2.20. The Morgan fingerprint density at radius 1 is 1.08 bits per heavy atom. The zero-order valence-corrected chi connectivity index (χ0v) is 13.3. The van der Waals surface area contributed by atoms with Crippen molar-refractivity contribution < 1.29 is 9.15 Å². The van der Waals surface area contributed by atoms with Crippen molar-refractivity contribution in [2.75, 3.05) is 11.4 Å². The summed E-state index contributed by atoms with van der Waals surface area (Å²) in [5.41, 5.74) is 2.13. The van der Waals surface area contributed by atoms with Crippen LogP contribution in [0.3, 0.4) is 0 Å². The molecule has 0 saturated heterocycles. The highest BCUT2D eigenvalue weighted by Crippen LogP contribution is 2.20. The molecule has 0 aliphatic carbocycles. The number of hydrogen-bond donors (Lipinski definition) is 0. The number of ether oxygens (including phenoxy) is 1. The van der Waals surface area contributed by atoms with Gasteiger partial charge in [-0.15, -0.1) is 0 Å². The summed E-state index contributed by atoms with van der Waals surface area (Å²) in [4.78, 5) is 15.5. The third-order valence-corrected chi connectivity index (χ3v) is 4.10. The highest BCUT2D eigenvalue weighted by atomic mass is 16.5. The van der Waals surface area contributed by atoms with Gasteiger partial charge in [-0.3, -0.25) is 0 Å². The molecule has 0 radical (unpaired) electrons. The third-order valence-electron chi connectivity index (χ3n) is 4.10. The fraction of sp³-hybridized carbons (Fsp3) is 0.353. The van der Waals surface area contributed by atoms with Crippen molar-refractivity contribution >= 4 is 5.95 Å². The van der Waals surface area contributed by atoms with Gasteiger partial charge in [0.05, 0.1) is 37.1 Å². The van der Waals surface area contributed by atoms with E-state index in [4.69, 9.17) is 9.15 Å². The second-order valence-corrected chi connectivity index (χ2v) is 5.73. The van der Waals surface area contributed by atoms with E-state index in [1.54, 1.807) is 18.7 Å². The zero-order chi connectivity index (χ0) is 16.2. The molecule has 4 heterocycles. The van der Waals surface area contributed by atoms with Crippen LogP contribution in [0.5, 0.6) is 0 Å². The van der Waals surface area contributed by atoms with Gasteiger partial charge in [0.15, 0.2) is 0 Å². The van der Waals surface area contributed by atoms with E-state index in [0.717, 1.165) is 43.5 Å². The fourth-order valence-corrected chi connectivity index (χ4v) is 2.90. The number of rotatable bonds is 5. The molecular weight excluding hydrogens is 306 g/mol. The number of hydrogen-bond acceptors (Lipinski definition) is 6. The molecule has 7 heteroatoms. The smallest absolute Gasteiger partial charge is 0.225 e. The first-order valence-electron chi connectivity index (χ1n) is 8.05. The lowest BCUT2D eigenvalue weighted by Crippen LogP contribution is -2.25. The lowest BCUT2D eigenvalue weighted by molar-refractivity contribution is 0.0902. The molecule has 0 amide bonds. The molecule has 0 bridgehead atoms. The number of aryl methyl sites for hydroxylation is 1. The first kappa shape index (κ1) is 14.9. The number of imidazole rings is 1. The van der Waals surface area contributed by atoms with E-state index >= 15 is 0 Å². The van der Waals surface area contributed by atoms with Crippen molar-refractivity contribution in [2.24, 2.45) is 0 Å². The molecular formula is C17H19N5O2. The maximum absolute atomic E-state index is 5.75. The molecule has 1 aliphatic heterocycles. The predicted molar refractivity (Wildman–Crippen MR) is 87.1 cm³/mol. The van der Waals surface area contributed by atoms with Gasteiger partial charge < -0.3 is 18.6 Å². The fourth-order valence-electron chi connectivity index (χ4n) is 2.90. The number of furan rings is 1. The normalized spacial score (nSPS) is 14.4. The summed E-state index contributed by atoms with van der Waals surface area (Å²) < 4.78 is 13.2. The standard InChI is InChI=1S/C17H19N5O2/c1-4-14(24-9-1)11-23-12-15-16-10-21(17-18-5-2-6-19-17)7-3-8-22(16)13-20-15/h1-2,4-6,9,13H,3,7-8,10-12H2. The Balaban J connectivity index is 1.47. The minimum absolute atomic E-state index is 0.449. The number of anilines is 1. The molecule has 0 fully saturated rings. The average Bonchev–Trinajstić information content (AvgIpc) is 3.21. The van der Waals surface area contributed by atoms with Gasteiger partial charge in [0.1, 0.15) is 12.4 Å². The first-order chi connectivity index (χ1) is 11.9. The number of nitrogens with zero attached hydrogens (tertiary/aromatic N) is 5. The summed E-state index contributed by atoms with van der Waals surface area (Å²) in [5, 5.41) is 0. The maximum Gasteiger partial charge on any atom is 0.225 e. The Hall–Kier alpha value is -2.67. The summed E-state index contributed by atoms with van der Waals surface area (Å²) in [5.74, 6) is 1.58. The van der Waals surface area contributed by atoms with Crippen LogP contribution < -0.4 is 4.90 Å². The highest BCUT2D eigenvalue weighted by molar-refractivity contribution is 5.31. The van der Waals surface area contributed by atoms with Crippen LogP contribution in [0.2, 0.25) is 0 Å². The molecule has 24 heavy (non-hydrogen) atoms. The molecule has 0 N–H and O–H groups in total. The minimum atomic E-state index is 0.449. The van der Waals surface area contributed by atoms with Crippen LogP contribution in [0.4, 0.5) is 5.95 Å². The first-order valence-corrected chi connectivity index (χ1v) is 8.05. The minimum Gasteiger partial charge on any atom is -0.467 e. The van der Waals surface area contributed by atoms with Crippen molar-refractivity contribution in [3.8, 4) is 0 Å². The molecule has 7 nitrogen and oxygen atoms in total. The van der Waals surface area contributed by atoms with E-state index in [9.17, 15) is 0 Å². The molecule has 124 valence electrons. The van der Waals surface area contributed by atoms with Gasteiger partial charge in [0.2, 0.25) is 5.95 Å². The summed E-state index contributed by atoms with van der Waals surface area (Å²) in [7, 11) is 0. The number of fused-ring (bicyclic) bond motifs is 1. The Morgan fingerprint density at radius 2 is 2.00 bits per heavy atom. The van der Waals surface area contributed by atoms with Crippen molar-refractivity contribution in [2.45, 2.75) is 32.7 Å². The Morgan fingerprint density at radius 3 is 2.83 bits per heavy atom. The quantitative estimate of drug-likeness (QED) is 0.717. The topological polar surface area (TPSA) is 69.2 Å². The molecule has 0 unspecified atom stereocenters. The van der Waals surface area contributed by atoms with Crippen LogP contribution in [-0.4, -0.2) is 26.1 Å². The molecule has 0 atom stereocenters. The second-order valence-electron chi connectivity index (χ2n) is 5.73. The average molecular weight is 325 g/mol. The van der Waals surface area contributed by atoms with Crippen molar-refractivity contribution in [1.29, 1.82) is 0 Å². The van der Waals surface area contributed by atoms with Crippen molar-refractivity contribution in [3.63, 3.8) is 0 Å².